The van der Waals surface area contributed by atoms with Gasteiger partial charge >= 0.3 is 5.97 Å². The number of nitrogens with zero attached hydrogens (tertiary/aromatic N) is 1. The van der Waals surface area contributed by atoms with E-state index in [1.165, 1.54) is 6.20 Å². The fourth-order valence-corrected chi connectivity index (χ4v) is 2.06. The summed E-state index contributed by atoms with van der Waals surface area (Å²) in [5, 5.41) is 11.9. The van der Waals surface area contributed by atoms with Gasteiger partial charge in [0.15, 0.2) is 0 Å². The van der Waals surface area contributed by atoms with E-state index in [0.717, 1.165) is 4.47 Å². The molecule has 1 atom stereocenters. The second kappa shape index (κ2) is 6.99. The quantitative estimate of drug-likeness (QED) is 0.869. The maximum absolute atomic E-state index is 11.9. The molecule has 6 heteroatoms. The lowest BCUT2D eigenvalue weighted by molar-refractivity contribution is -0.138. The number of nitrogens with one attached hydrogen (secondary N) is 1. The van der Waals surface area contributed by atoms with E-state index in [1.807, 2.05) is 6.07 Å². The van der Waals surface area contributed by atoms with Gasteiger partial charge in [0.1, 0.15) is 5.69 Å². The number of carboxylic acids is 1. The molecule has 21 heavy (non-hydrogen) atoms. The molecule has 1 aromatic heterocycles. The van der Waals surface area contributed by atoms with E-state index in [9.17, 15) is 14.7 Å². The van der Waals surface area contributed by atoms with Crippen molar-refractivity contribution < 1.29 is 14.7 Å². The van der Waals surface area contributed by atoms with Crippen LogP contribution in [0.2, 0.25) is 0 Å². The van der Waals surface area contributed by atoms with Crippen molar-refractivity contribution in [2.24, 2.45) is 0 Å². The lowest BCUT2D eigenvalue weighted by Crippen LogP contribution is -2.32. The van der Waals surface area contributed by atoms with E-state index in [-0.39, 0.29) is 12.2 Å². The number of pyridine rings is 1. The summed E-state index contributed by atoms with van der Waals surface area (Å²) >= 11 is 3.23. The van der Waals surface area contributed by atoms with Crippen LogP contribution in [0.5, 0.6) is 0 Å². The second-order valence-corrected chi connectivity index (χ2v) is 5.29. The van der Waals surface area contributed by atoms with Crippen molar-refractivity contribution in [1.29, 1.82) is 0 Å². The lowest BCUT2D eigenvalue weighted by Gasteiger charge is -2.13. The van der Waals surface area contributed by atoms with Crippen molar-refractivity contribution in [2.45, 2.75) is 5.92 Å². The Bertz CT molecular complexity index is 629. The Morgan fingerprint density at radius 3 is 2.48 bits per heavy atom. The highest BCUT2D eigenvalue weighted by Crippen LogP contribution is 2.15. The molecule has 0 aliphatic heterocycles. The predicted molar refractivity (Wildman–Crippen MR) is 81.1 cm³/mol. The van der Waals surface area contributed by atoms with E-state index >= 15 is 0 Å². The molecule has 0 fully saturated rings. The molecule has 1 aromatic carbocycles. The van der Waals surface area contributed by atoms with Crippen molar-refractivity contribution >= 4 is 27.8 Å². The molecule has 1 unspecified atom stereocenters. The molecule has 0 aliphatic rings. The Labute approximate surface area is 130 Å². The first-order valence-electron chi connectivity index (χ1n) is 6.25. The fourth-order valence-electron chi connectivity index (χ4n) is 1.83. The number of aromatic nitrogens is 1. The number of carboxylic acid groups (broad SMARTS) is 1. The van der Waals surface area contributed by atoms with E-state index in [0.29, 0.717) is 5.56 Å². The molecule has 0 saturated heterocycles. The number of rotatable bonds is 5. The summed E-state index contributed by atoms with van der Waals surface area (Å²) < 4.78 is 0.770. The molecule has 5 nitrogen and oxygen atoms in total. The van der Waals surface area contributed by atoms with Gasteiger partial charge < -0.3 is 10.4 Å². The van der Waals surface area contributed by atoms with Crippen molar-refractivity contribution in [3.05, 3.63) is 64.4 Å². The van der Waals surface area contributed by atoms with Crippen molar-refractivity contribution in [3.8, 4) is 0 Å². The van der Waals surface area contributed by atoms with Crippen LogP contribution in [0.4, 0.5) is 0 Å². The molecular weight excluding hydrogens is 336 g/mol. The monoisotopic (exact) mass is 348 g/mol. The molecular formula is C15H13BrN2O3. The highest BCUT2D eigenvalue weighted by Gasteiger charge is 2.20. The number of hydrogen-bond donors (Lipinski definition) is 2. The number of amides is 1. The van der Waals surface area contributed by atoms with Crippen LogP contribution < -0.4 is 5.32 Å². The molecule has 1 amide bonds. The van der Waals surface area contributed by atoms with Crippen LogP contribution in [0.1, 0.15) is 22.0 Å². The second-order valence-electron chi connectivity index (χ2n) is 4.37. The van der Waals surface area contributed by atoms with Gasteiger partial charge in [-0.2, -0.15) is 0 Å². The molecule has 0 radical (unpaired) electrons. The standard InChI is InChI=1S/C15H13BrN2O3/c16-11-6-7-13(17-8-11)14(19)18-9-12(15(20)21)10-4-2-1-3-5-10/h1-8,12H,9H2,(H,18,19)(H,20,21). The average molecular weight is 349 g/mol. The third-order valence-electron chi connectivity index (χ3n) is 2.93. The van der Waals surface area contributed by atoms with Crippen LogP contribution in [0.3, 0.4) is 0 Å². The number of hydrogen-bond acceptors (Lipinski definition) is 3. The molecule has 0 bridgehead atoms. The minimum atomic E-state index is -0.981. The zero-order chi connectivity index (χ0) is 15.2. The summed E-state index contributed by atoms with van der Waals surface area (Å²) in [4.78, 5) is 27.2. The van der Waals surface area contributed by atoms with E-state index in [1.54, 1.807) is 36.4 Å². The molecule has 2 aromatic rings. The average Bonchev–Trinajstić information content (AvgIpc) is 2.48. The van der Waals surface area contributed by atoms with Gasteiger partial charge in [-0.05, 0) is 33.6 Å². The first-order chi connectivity index (χ1) is 10.1. The highest BCUT2D eigenvalue weighted by molar-refractivity contribution is 9.10. The van der Waals surface area contributed by atoms with Crippen LogP contribution in [-0.2, 0) is 4.79 Å². The lowest BCUT2D eigenvalue weighted by atomic mass is 9.99. The van der Waals surface area contributed by atoms with Crippen LogP contribution in [0, 0.1) is 0 Å². The first-order valence-corrected chi connectivity index (χ1v) is 7.04. The summed E-state index contributed by atoms with van der Waals surface area (Å²) in [6.07, 6.45) is 1.51. The zero-order valence-corrected chi connectivity index (χ0v) is 12.6. The Morgan fingerprint density at radius 1 is 1.19 bits per heavy atom. The molecule has 2 N–H and O–H groups in total. The maximum Gasteiger partial charge on any atom is 0.312 e. The minimum Gasteiger partial charge on any atom is -0.481 e. The van der Waals surface area contributed by atoms with Gasteiger partial charge in [0.2, 0.25) is 0 Å². The third-order valence-corrected chi connectivity index (χ3v) is 3.40. The van der Waals surface area contributed by atoms with E-state index in [2.05, 4.69) is 26.2 Å². The molecule has 1 heterocycles. The van der Waals surface area contributed by atoms with Gasteiger partial charge in [-0.25, -0.2) is 4.98 Å². The van der Waals surface area contributed by atoms with Crippen molar-refractivity contribution in [2.75, 3.05) is 6.54 Å². The predicted octanol–water partition coefficient (Wildman–Crippen LogP) is 2.44. The topological polar surface area (TPSA) is 79.3 Å². The van der Waals surface area contributed by atoms with Crippen LogP contribution in [0.25, 0.3) is 0 Å². The van der Waals surface area contributed by atoms with Gasteiger partial charge in [0, 0.05) is 17.2 Å². The number of benzene rings is 1. The Kier molecular flexibility index (Phi) is 5.05. The van der Waals surface area contributed by atoms with Gasteiger partial charge in [0.25, 0.3) is 5.91 Å². The Morgan fingerprint density at radius 2 is 1.90 bits per heavy atom. The fraction of sp³-hybridized carbons (Fsp3) is 0.133. The Balaban J connectivity index is 2.04. The van der Waals surface area contributed by atoms with Gasteiger partial charge in [-0.1, -0.05) is 30.3 Å². The molecule has 0 spiro atoms. The molecule has 108 valence electrons. The number of aliphatic carboxylic acids is 1. The van der Waals surface area contributed by atoms with Crippen LogP contribution >= 0.6 is 15.9 Å². The SMILES string of the molecule is O=C(NCC(C(=O)O)c1ccccc1)c1ccc(Br)cn1. The summed E-state index contributed by atoms with van der Waals surface area (Å²) in [7, 11) is 0. The van der Waals surface area contributed by atoms with E-state index in [4.69, 9.17) is 0 Å². The highest BCUT2D eigenvalue weighted by atomic mass is 79.9. The molecule has 0 saturated carbocycles. The molecule has 2 rings (SSSR count). The number of halogens is 1. The minimum absolute atomic E-state index is 0.00985. The summed E-state index contributed by atoms with van der Waals surface area (Å²) in [5.74, 6) is -2.17. The zero-order valence-electron chi connectivity index (χ0n) is 11.0. The summed E-state index contributed by atoms with van der Waals surface area (Å²) in [6, 6.07) is 12.1. The Hall–Kier alpha value is -2.21. The molecule has 0 aliphatic carbocycles. The first kappa shape index (κ1) is 15.2. The smallest absolute Gasteiger partial charge is 0.312 e. The van der Waals surface area contributed by atoms with Crippen molar-refractivity contribution in [3.63, 3.8) is 0 Å². The third kappa shape index (κ3) is 4.13. The largest absolute Gasteiger partial charge is 0.481 e. The maximum atomic E-state index is 11.9. The number of carbonyl (C=O) groups is 2. The van der Waals surface area contributed by atoms with Gasteiger partial charge in [-0.15, -0.1) is 0 Å². The van der Waals surface area contributed by atoms with Gasteiger partial charge in [-0.3, -0.25) is 9.59 Å². The van der Waals surface area contributed by atoms with Crippen LogP contribution in [-0.4, -0.2) is 28.5 Å². The van der Waals surface area contributed by atoms with Gasteiger partial charge in [0.05, 0.1) is 5.92 Å². The van der Waals surface area contributed by atoms with Crippen LogP contribution in [0.15, 0.2) is 53.1 Å². The normalized spacial score (nSPS) is 11.7. The van der Waals surface area contributed by atoms with Crippen molar-refractivity contribution in [1.82, 2.24) is 10.3 Å². The summed E-state index contributed by atoms with van der Waals surface area (Å²) in [5.41, 5.74) is 0.893. The summed E-state index contributed by atoms with van der Waals surface area (Å²) in [6.45, 7) is 0.00985. The number of carbonyl (C=O) groups excluding carboxylic acids is 1. The van der Waals surface area contributed by atoms with E-state index < -0.39 is 17.8 Å².